The van der Waals surface area contributed by atoms with E-state index in [1.807, 2.05) is 30.3 Å². The molecule has 104 valence electrons. The van der Waals surface area contributed by atoms with Gasteiger partial charge >= 0.3 is 5.97 Å². The molecule has 2 aromatic carbocycles. The molecule has 0 heterocycles. The summed E-state index contributed by atoms with van der Waals surface area (Å²) in [6.45, 7) is 0.569. The second kappa shape index (κ2) is 6.52. The molecule has 0 aromatic heterocycles. The average molecular weight is 338 g/mol. The Hall–Kier alpha value is -1.88. The topological polar surface area (TPSA) is 49.3 Å². The van der Waals surface area contributed by atoms with Crippen LogP contribution < -0.4 is 5.32 Å². The molecule has 0 atom stereocenters. The van der Waals surface area contributed by atoms with Crippen molar-refractivity contribution in [2.75, 3.05) is 11.9 Å². The fourth-order valence-electron chi connectivity index (χ4n) is 1.84. The van der Waals surface area contributed by atoms with E-state index in [1.54, 1.807) is 0 Å². The van der Waals surface area contributed by atoms with E-state index in [0.717, 1.165) is 12.0 Å². The number of nitrogens with one attached hydrogen (secondary N) is 1. The lowest BCUT2D eigenvalue weighted by molar-refractivity contribution is 0.0695. The molecule has 0 radical (unpaired) electrons. The lowest BCUT2D eigenvalue weighted by atomic mass is 10.1. The SMILES string of the molecule is O=C(O)c1ccc(NCCc2ccccc2)c(F)c1Br. The smallest absolute Gasteiger partial charge is 0.336 e. The third-order valence-corrected chi connectivity index (χ3v) is 3.66. The molecule has 3 nitrogen and oxygen atoms in total. The fourth-order valence-corrected chi connectivity index (χ4v) is 2.35. The van der Waals surface area contributed by atoms with Gasteiger partial charge in [0.15, 0.2) is 5.82 Å². The number of hydrogen-bond acceptors (Lipinski definition) is 2. The van der Waals surface area contributed by atoms with Crippen LogP contribution in [0.5, 0.6) is 0 Å². The minimum Gasteiger partial charge on any atom is -0.478 e. The summed E-state index contributed by atoms with van der Waals surface area (Å²) >= 11 is 2.97. The molecule has 0 aliphatic rings. The van der Waals surface area contributed by atoms with Crippen molar-refractivity contribution in [2.45, 2.75) is 6.42 Å². The minimum absolute atomic E-state index is 0.0327. The van der Waals surface area contributed by atoms with Crippen LogP contribution in [0.4, 0.5) is 10.1 Å². The van der Waals surface area contributed by atoms with Crippen molar-refractivity contribution in [3.8, 4) is 0 Å². The zero-order valence-electron chi connectivity index (χ0n) is 10.6. The highest BCUT2D eigenvalue weighted by Gasteiger charge is 2.15. The average Bonchev–Trinajstić information content (AvgIpc) is 2.44. The van der Waals surface area contributed by atoms with E-state index in [-0.39, 0.29) is 15.7 Å². The van der Waals surface area contributed by atoms with Crippen LogP contribution >= 0.6 is 15.9 Å². The molecular formula is C15H13BrFNO2. The van der Waals surface area contributed by atoms with Gasteiger partial charge in [0.25, 0.3) is 0 Å². The molecule has 0 fully saturated rings. The molecule has 0 spiro atoms. The predicted molar refractivity (Wildman–Crippen MR) is 79.7 cm³/mol. The van der Waals surface area contributed by atoms with Crippen molar-refractivity contribution in [1.29, 1.82) is 0 Å². The second-order valence-corrected chi connectivity index (χ2v) is 5.05. The summed E-state index contributed by atoms with van der Waals surface area (Å²) in [5.41, 5.74) is 1.36. The normalized spacial score (nSPS) is 10.3. The van der Waals surface area contributed by atoms with Gasteiger partial charge in [0.1, 0.15) is 0 Å². The molecule has 2 aromatic rings. The highest BCUT2D eigenvalue weighted by Crippen LogP contribution is 2.27. The lowest BCUT2D eigenvalue weighted by Crippen LogP contribution is -2.08. The summed E-state index contributed by atoms with van der Waals surface area (Å²) in [6.07, 6.45) is 0.762. The van der Waals surface area contributed by atoms with Gasteiger partial charge in [0, 0.05) is 6.54 Å². The van der Waals surface area contributed by atoms with E-state index < -0.39 is 11.8 Å². The number of aromatic carboxylic acids is 1. The van der Waals surface area contributed by atoms with Crippen molar-refractivity contribution in [1.82, 2.24) is 0 Å². The standard InChI is InChI=1S/C15H13BrFNO2/c16-13-11(15(19)20)6-7-12(14(13)17)18-9-8-10-4-2-1-3-5-10/h1-7,18H,8-9H2,(H,19,20). The van der Waals surface area contributed by atoms with Gasteiger partial charge in [-0.15, -0.1) is 0 Å². The Kier molecular flexibility index (Phi) is 4.74. The van der Waals surface area contributed by atoms with Gasteiger partial charge in [-0.3, -0.25) is 0 Å². The molecule has 0 aliphatic heterocycles. The Bertz CT molecular complexity index is 617. The summed E-state index contributed by atoms with van der Waals surface area (Å²) in [5.74, 6) is -1.75. The number of rotatable bonds is 5. The molecule has 2 rings (SSSR count). The summed E-state index contributed by atoms with van der Waals surface area (Å²) in [7, 11) is 0. The van der Waals surface area contributed by atoms with Crippen LogP contribution in [0.25, 0.3) is 0 Å². The van der Waals surface area contributed by atoms with Crippen LogP contribution in [0.1, 0.15) is 15.9 Å². The van der Waals surface area contributed by atoms with Crippen LogP contribution in [0.15, 0.2) is 46.9 Å². The highest BCUT2D eigenvalue weighted by atomic mass is 79.9. The van der Waals surface area contributed by atoms with Crippen molar-refractivity contribution in [3.05, 3.63) is 63.9 Å². The first-order chi connectivity index (χ1) is 9.59. The van der Waals surface area contributed by atoms with Gasteiger partial charge in [0.2, 0.25) is 0 Å². The molecule has 2 N–H and O–H groups in total. The Morgan fingerprint density at radius 3 is 2.55 bits per heavy atom. The maximum Gasteiger partial charge on any atom is 0.336 e. The van der Waals surface area contributed by atoms with Crippen LogP contribution in [0.3, 0.4) is 0 Å². The van der Waals surface area contributed by atoms with Gasteiger partial charge < -0.3 is 10.4 Å². The summed E-state index contributed by atoms with van der Waals surface area (Å²) in [4.78, 5) is 10.9. The molecule has 0 saturated heterocycles. The number of carboxylic acid groups (broad SMARTS) is 1. The summed E-state index contributed by atoms with van der Waals surface area (Å²) in [5, 5.41) is 11.9. The van der Waals surface area contributed by atoms with Gasteiger partial charge in [-0.1, -0.05) is 30.3 Å². The largest absolute Gasteiger partial charge is 0.478 e. The molecule has 20 heavy (non-hydrogen) atoms. The summed E-state index contributed by atoms with van der Waals surface area (Å²) in [6, 6.07) is 12.7. The number of anilines is 1. The van der Waals surface area contributed by atoms with Gasteiger partial charge in [0.05, 0.1) is 15.7 Å². The van der Waals surface area contributed by atoms with Gasteiger partial charge in [-0.25, -0.2) is 9.18 Å². The first-order valence-corrected chi connectivity index (χ1v) is 6.88. The van der Waals surface area contributed by atoms with E-state index >= 15 is 0 Å². The van der Waals surface area contributed by atoms with Gasteiger partial charge in [-0.05, 0) is 40.0 Å². The van der Waals surface area contributed by atoms with Crippen molar-refractivity contribution in [2.24, 2.45) is 0 Å². The maximum absolute atomic E-state index is 14.0. The van der Waals surface area contributed by atoms with Crippen LogP contribution in [0, 0.1) is 5.82 Å². The Morgan fingerprint density at radius 2 is 1.90 bits per heavy atom. The first kappa shape index (κ1) is 14.5. The first-order valence-electron chi connectivity index (χ1n) is 6.08. The van der Waals surface area contributed by atoms with E-state index in [1.165, 1.54) is 12.1 Å². The highest BCUT2D eigenvalue weighted by molar-refractivity contribution is 9.10. The second-order valence-electron chi connectivity index (χ2n) is 4.26. The summed E-state index contributed by atoms with van der Waals surface area (Å²) < 4.78 is 13.9. The molecule has 0 saturated carbocycles. The maximum atomic E-state index is 14.0. The number of benzene rings is 2. The van der Waals surface area contributed by atoms with E-state index in [0.29, 0.717) is 6.54 Å². The monoisotopic (exact) mass is 337 g/mol. The fraction of sp³-hybridized carbons (Fsp3) is 0.133. The third kappa shape index (κ3) is 3.36. The number of carboxylic acids is 1. The zero-order valence-corrected chi connectivity index (χ0v) is 12.2. The molecule has 0 unspecified atom stereocenters. The van der Waals surface area contributed by atoms with Crippen LogP contribution in [-0.2, 0) is 6.42 Å². The lowest BCUT2D eigenvalue weighted by Gasteiger charge is -2.10. The Balaban J connectivity index is 2.04. The molecule has 0 bridgehead atoms. The van der Waals surface area contributed by atoms with Crippen molar-refractivity contribution >= 4 is 27.6 Å². The van der Waals surface area contributed by atoms with Crippen molar-refractivity contribution in [3.63, 3.8) is 0 Å². The zero-order chi connectivity index (χ0) is 14.5. The molecule has 0 aliphatic carbocycles. The predicted octanol–water partition coefficient (Wildman–Crippen LogP) is 3.94. The van der Waals surface area contributed by atoms with Crippen molar-refractivity contribution < 1.29 is 14.3 Å². The van der Waals surface area contributed by atoms with E-state index in [2.05, 4.69) is 21.2 Å². The Morgan fingerprint density at radius 1 is 1.20 bits per heavy atom. The van der Waals surface area contributed by atoms with Crippen LogP contribution in [0.2, 0.25) is 0 Å². The quantitative estimate of drug-likeness (QED) is 0.868. The molecule has 0 amide bonds. The minimum atomic E-state index is -1.16. The van der Waals surface area contributed by atoms with Gasteiger partial charge in [-0.2, -0.15) is 0 Å². The number of halogens is 2. The van der Waals surface area contributed by atoms with E-state index in [9.17, 15) is 9.18 Å². The number of carbonyl (C=O) groups is 1. The molecular weight excluding hydrogens is 325 g/mol. The Labute approximate surface area is 124 Å². The number of hydrogen-bond donors (Lipinski definition) is 2. The molecule has 5 heteroatoms. The van der Waals surface area contributed by atoms with E-state index in [4.69, 9.17) is 5.11 Å². The van der Waals surface area contributed by atoms with Crippen LogP contribution in [-0.4, -0.2) is 17.6 Å². The third-order valence-electron chi connectivity index (χ3n) is 2.88.